The van der Waals surface area contributed by atoms with Gasteiger partial charge < -0.3 is 4.74 Å². The van der Waals surface area contributed by atoms with Crippen molar-refractivity contribution in [1.82, 2.24) is 9.97 Å². The molecule has 0 aliphatic heterocycles. The van der Waals surface area contributed by atoms with Gasteiger partial charge in [-0.25, -0.2) is 9.97 Å². The number of aryl methyl sites for hydroxylation is 1. The molecule has 100 valence electrons. The van der Waals surface area contributed by atoms with Crippen LogP contribution in [-0.2, 0) is 4.74 Å². The van der Waals surface area contributed by atoms with Crippen LogP contribution in [0.15, 0.2) is 6.20 Å². The predicted octanol–water partition coefficient (Wildman–Crippen LogP) is 3.11. The van der Waals surface area contributed by atoms with E-state index in [2.05, 4.69) is 30.7 Å². The first kappa shape index (κ1) is 14.8. The summed E-state index contributed by atoms with van der Waals surface area (Å²) in [5.74, 6) is 0.634. The first-order valence-electron chi connectivity index (χ1n) is 6.23. The van der Waals surface area contributed by atoms with Crippen LogP contribution in [0.1, 0.15) is 62.6 Å². The molecule has 1 aromatic rings. The van der Waals surface area contributed by atoms with Gasteiger partial charge in [0.05, 0.1) is 11.3 Å². The maximum Gasteiger partial charge on any atom is 0.163 e. The fraction of sp³-hybridized carbons (Fsp3) is 0.643. The molecular formula is C14H22N2O2. The maximum atomic E-state index is 11.4. The maximum absolute atomic E-state index is 11.4. The minimum absolute atomic E-state index is 0.0113. The number of nitrogens with zero attached hydrogens (tertiary/aromatic N) is 2. The van der Waals surface area contributed by atoms with Crippen molar-refractivity contribution >= 4 is 5.78 Å². The van der Waals surface area contributed by atoms with Crippen LogP contribution >= 0.6 is 0 Å². The molecule has 1 unspecified atom stereocenters. The third kappa shape index (κ3) is 3.35. The highest BCUT2D eigenvalue weighted by atomic mass is 16.5. The summed E-state index contributed by atoms with van der Waals surface area (Å²) in [7, 11) is 0. The van der Waals surface area contributed by atoms with Gasteiger partial charge in [-0.1, -0.05) is 20.8 Å². The van der Waals surface area contributed by atoms with E-state index >= 15 is 0 Å². The summed E-state index contributed by atoms with van der Waals surface area (Å²) in [6.45, 7) is 12.2. The number of carbonyl (C=O) groups is 1. The molecule has 0 aliphatic rings. The van der Waals surface area contributed by atoms with Crippen molar-refractivity contribution in [2.75, 3.05) is 6.61 Å². The third-order valence-electron chi connectivity index (χ3n) is 2.73. The lowest BCUT2D eigenvalue weighted by molar-refractivity contribution is -0.0192. The fourth-order valence-electron chi connectivity index (χ4n) is 1.84. The molecular weight excluding hydrogens is 228 g/mol. The quantitative estimate of drug-likeness (QED) is 0.770. The van der Waals surface area contributed by atoms with Crippen LogP contribution in [0.4, 0.5) is 0 Å². The average Bonchev–Trinajstić information content (AvgIpc) is 2.23. The summed E-state index contributed by atoms with van der Waals surface area (Å²) in [4.78, 5) is 20.1. The molecule has 0 radical (unpaired) electrons. The Morgan fingerprint density at radius 3 is 2.44 bits per heavy atom. The minimum atomic E-state index is -0.165. The molecule has 0 bridgehead atoms. The van der Waals surface area contributed by atoms with E-state index in [4.69, 9.17) is 4.74 Å². The molecule has 1 atom stereocenters. The Morgan fingerprint density at radius 1 is 1.44 bits per heavy atom. The number of ether oxygens (including phenoxy) is 1. The number of ketones is 1. The van der Waals surface area contributed by atoms with Gasteiger partial charge in [0, 0.05) is 12.8 Å². The van der Waals surface area contributed by atoms with Gasteiger partial charge in [-0.15, -0.1) is 0 Å². The fourth-order valence-corrected chi connectivity index (χ4v) is 1.84. The molecule has 4 nitrogen and oxygen atoms in total. The molecule has 1 rings (SSSR count). The van der Waals surface area contributed by atoms with E-state index in [0.717, 1.165) is 0 Å². The van der Waals surface area contributed by atoms with Crippen LogP contribution in [0.5, 0.6) is 0 Å². The Bertz CT molecular complexity index is 436. The van der Waals surface area contributed by atoms with Crippen LogP contribution in [0, 0.1) is 12.3 Å². The second kappa shape index (κ2) is 5.57. The number of rotatable bonds is 4. The Morgan fingerprint density at radius 2 is 2.06 bits per heavy atom. The Hall–Kier alpha value is -1.29. The average molecular weight is 250 g/mol. The zero-order valence-corrected chi connectivity index (χ0v) is 12.1. The molecule has 0 saturated carbocycles. The summed E-state index contributed by atoms with van der Waals surface area (Å²) in [6, 6.07) is 0. The van der Waals surface area contributed by atoms with Gasteiger partial charge in [-0.2, -0.15) is 0 Å². The summed E-state index contributed by atoms with van der Waals surface area (Å²) in [5.41, 5.74) is 1.20. The van der Waals surface area contributed by atoms with Crippen molar-refractivity contribution < 1.29 is 9.53 Å². The van der Waals surface area contributed by atoms with Crippen LogP contribution in [0.25, 0.3) is 0 Å². The highest BCUT2D eigenvalue weighted by molar-refractivity contribution is 5.94. The van der Waals surface area contributed by atoms with E-state index in [0.29, 0.717) is 23.7 Å². The number of hydrogen-bond acceptors (Lipinski definition) is 4. The summed E-state index contributed by atoms with van der Waals surface area (Å²) in [5, 5.41) is 0. The monoisotopic (exact) mass is 250 g/mol. The largest absolute Gasteiger partial charge is 0.370 e. The lowest BCUT2D eigenvalue weighted by Gasteiger charge is -2.29. The van der Waals surface area contributed by atoms with Gasteiger partial charge in [-0.05, 0) is 26.2 Å². The SMILES string of the molecule is CCOC(c1ncc(C(C)=O)c(C)n1)C(C)(C)C. The molecule has 4 heteroatoms. The van der Waals surface area contributed by atoms with E-state index in [1.807, 2.05) is 13.8 Å². The number of aromatic nitrogens is 2. The molecule has 0 saturated heterocycles. The predicted molar refractivity (Wildman–Crippen MR) is 70.6 cm³/mol. The molecule has 0 aliphatic carbocycles. The summed E-state index contributed by atoms with van der Waals surface area (Å²) < 4.78 is 5.74. The summed E-state index contributed by atoms with van der Waals surface area (Å²) in [6.07, 6.45) is 1.43. The van der Waals surface area contributed by atoms with Crippen molar-refractivity contribution in [2.45, 2.75) is 47.6 Å². The van der Waals surface area contributed by atoms with Gasteiger partial charge in [0.1, 0.15) is 6.10 Å². The van der Waals surface area contributed by atoms with Crippen LogP contribution in [0.2, 0.25) is 0 Å². The van der Waals surface area contributed by atoms with Gasteiger partial charge in [0.25, 0.3) is 0 Å². The molecule has 1 heterocycles. The normalized spacial score (nSPS) is 13.4. The van der Waals surface area contributed by atoms with Crippen LogP contribution < -0.4 is 0 Å². The highest BCUT2D eigenvalue weighted by Crippen LogP contribution is 2.34. The minimum Gasteiger partial charge on any atom is -0.370 e. The molecule has 0 amide bonds. The van der Waals surface area contributed by atoms with Gasteiger partial charge >= 0.3 is 0 Å². The first-order chi connectivity index (χ1) is 8.27. The van der Waals surface area contributed by atoms with E-state index in [9.17, 15) is 4.79 Å². The highest BCUT2D eigenvalue weighted by Gasteiger charge is 2.29. The van der Waals surface area contributed by atoms with Gasteiger partial charge in [0.15, 0.2) is 11.6 Å². The lowest BCUT2D eigenvalue weighted by Crippen LogP contribution is -2.24. The zero-order valence-electron chi connectivity index (χ0n) is 12.1. The van der Waals surface area contributed by atoms with E-state index in [1.54, 1.807) is 6.20 Å². The van der Waals surface area contributed by atoms with Crippen LogP contribution in [-0.4, -0.2) is 22.4 Å². The number of carbonyl (C=O) groups excluding carboxylic acids is 1. The molecule has 18 heavy (non-hydrogen) atoms. The van der Waals surface area contributed by atoms with Crippen molar-refractivity contribution in [3.8, 4) is 0 Å². The standard InChI is InChI=1S/C14H22N2O2/c1-7-18-12(14(4,5)6)13-15-8-11(10(3)17)9(2)16-13/h8,12H,7H2,1-6H3. The van der Waals surface area contributed by atoms with Crippen molar-refractivity contribution in [1.29, 1.82) is 0 Å². The zero-order chi connectivity index (χ0) is 13.9. The van der Waals surface area contributed by atoms with Crippen molar-refractivity contribution in [3.05, 3.63) is 23.3 Å². The molecule has 0 spiro atoms. The summed E-state index contributed by atoms with van der Waals surface area (Å²) >= 11 is 0. The third-order valence-corrected chi connectivity index (χ3v) is 2.73. The second-order valence-electron chi connectivity index (χ2n) is 5.48. The molecule has 1 aromatic heterocycles. The van der Waals surface area contributed by atoms with Crippen LogP contribution in [0.3, 0.4) is 0 Å². The molecule has 0 N–H and O–H groups in total. The van der Waals surface area contributed by atoms with E-state index < -0.39 is 0 Å². The Balaban J connectivity index is 3.15. The van der Waals surface area contributed by atoms with Crippen molar-refractivity contribution in [2.24, 2.45) is 5.41 Å². The van der Waals surface area contributed by atoms with Gasteiger partial charge in [-0.3, -0.25) is 4.79 Å². The van der Waals surface area contributed by atoms with E-state index in [-0.39, 0.29) is 17.3 Å². The second-order valence-corrected chi connectivity index (χ2v) is 5.48. The smallest absolute Gasteiger partial charge is 0.163 e. The Kier molecular flexibility index (Phi) is 4.57. The van der Waals surface area contributed by atoms with Crippen molar-refractivity contribution in [3.63, 3.8) is 0 Å². The Labute approximate surface area is 109 Å². The van der Waals surface area contributed by atoms with Gasteiger partial charge in [0.2, 0.25) is 0 Å². The number of hydrogen-bond donors (Lipinski definition) is 0. The lowest BCUT2D eigenvalue weighted by atomic mass is 9.88. The molecule has 0 aromatic carbocycles. The topological polar surface area (TPSA) is 52.1 Å². The molecule has 0 fully saturated rings. The van der Waals surface area contributed by atoms with E-state index in [1.165, 1.54) is 6.92 Å². The first-order valence-corrected chi connectivity index (χ1v) is 6.23. The number of Topliss-reactive ketones (excluding diaryl/α,β-unsaturated/α-hetero) is 1.